The molecule has 1 aromatic carbocycles. The molecule has 0 saturated carbocycles. The first-order valence-corrected chi connectivity index (χ1v) is 10.5. The Morgan fingerprint density at radius 3 is 2.48 bits per heavy atom. The van der Waals surface area contributed by atoms with Crippen molar-refractivity contribution in [2.75, 3.05) is 19.3 Å². The van der Waals surface area contributed by atoms with Gasteiger partial charge in [-0.1, -0.05) is 30.3 Å². The van der Waals surface area contributed by atoms with Gasteiger partial charge in [-0.2, -0.15) is 0 Å². The van der Waals surface area contributed by atoms with E-state index in [1.54, 1.807) is 5.48 Å². The molecule has 2 N–H and O–H groups in total. The number of amides is 1. The van der Waals surface area contributed by atoms with E-state index >= 15 is 0 Å². The second kappa shape index (κ2) is 7.20. The average Bonchev–Trinajstić information content (AvgIpc) is 3.06. The van der Waals surface area contributed by atoms with Crippen molar-refractivity contribution in [1.29, 1.82) is 0 Å². The predicted molar refractivity (Wildman–Crippen MR) is 95.2 cm³/mol. The fourth-order valence-corrected chi connectivity index (χ4v) is 4.96. The zero-order chi connectivity index (χ0) is 18.0. The van der Waals surface area contributed by atoms with Crippen LogP contribution in [0.1, 0.15) is 33.4 Å². The van der Waals surface area contributed by atoms with Gasteiger partial charge in [0.1, 0.15) is 4.88 Å². The summed E-state index contributed by atoms with van der Waals surface area (Å²) in [5.74, 6) is -0.484. The highest BCUT2D eigenvalue weighted by atomic mass is 32.2. The lowest BCUT2D eigenvalue weighted by molar-refractivity contribution is 0.0711. The van der Waals surface area contributed by atoms with Crippen LogP contribution >= 0.6 is 11.3 Å². The van der Waals surface area contributed by atoms with Gasteiger partial charge in [0.2, 0.25) is 10.0 Å². The van der Waals surface area contributed by atoms with Crippen molar-refractivity contribution in [1.82, 2.24) is 14.8 Å². The van der Waals surface area contributed by atoms with E-state index in [1.807, 2.05) is 30.3 Å². The third-order valence-electron chi connectivity index (χ3n) is 4.27. The molecular formula is C16H19N3O4S2. The minimum Gasteiger partial charge on any atom is -0.288 e. The topological polar surface area (TPSA) is 99.6 Å². The number of benzene rings is 1. The zero-order valence-corrected chi connectivity index (χ0v) is 15.3. The summed E-state index contributed by atoms with van der Waals surface area (Å²) in [5.41, 5.74) is 3.02. The molecular weight excluding hydrogens is 362 g/mol. The predicted octanol–water partition coefficient (Wildman–Crippen LogP) is 2.07. The van der Waals surface area contributed by atoms with Crippen molar-refractivity contribution in [3.05, 3.63) is 40.2 Å². The average molecular weight is 381 g/mol. The Balaban J connectivity index is 1.89. The Hall–Kier alpha value is -1.81. The van der Waals surface area contributed by atoms with Gasteiger partial charge in [-0.15, -0.1) is 11.3 Å². The molecule has 1 fully saturated rings. The molecule has 1 aliphatic heterocycles. The number of nitrogens with one attached hydrogen (secondary N) is 1. The van der Waals surface area contributed by atoms with Gasteiger partial charge < -0.3 is 0 Å². The van der Waals surface area contributed by atoms with Crippen LogP contribution in [-0.2, 0) is 10.0 Å². The minimum absolute atomic E-state index is 0.103. The Morgan fingerprint density at radius 2 is 1.92 bits per heavy atom. The molecule has 1 saturated heterocycles. The maximum atomic E-state index is 12.0. The Bertz CT molecular complexity index is 857. The summed E-state index contributed by atoms with van der Waals surface area (Å²) < 4.78 is 24.7. The number of aromatic nitrogens is 1. The third-order valence-corrected chi connectivity index (χ3v) is 6.79. The number of sulfonamides is 1. The minimum atomic E-state index is -3.18. The molecule has 1 aliphatic rings. The van der Waals surface area contributed by atoms with Crippen molar-refractivity contribution in [2.24, 2.45) is 0 Å². The van der Waals surface area contributed by atoms with Gasteiger partial charge in [0.15, 0.2) is 0 Å². The van der Waals surface area contributed by atoms with Crippen LogP contribution in [0, 0.1) is 0 Å². The molecule has 9 heteroatoms. The molecule has 0 aliphatic carbocycles. The Morgan fingerprint density at radius 1 is 1.28 bits per heavy atom. The lowest BCUT2D eigenvalue weighted by atomic mass is 9.99. The molecule has 0 unspecified atom stereocenters. The first-order valence-electron chi connectivity index (χ1n) is 7.86. The monoisotopic (exact) mass is 381 g/mol. The Kier molecular flexibility index (Phi) is 5.19. The van der Waals surface area contributed by atoms with Crippen LogP contribution < -0.4 is 5.48 Å². The van der Waals surface area contributed by atoms with Crippen LogP contribution in [0.2, 0.25) is 0 Å². The van der Waals surface area contributed by atoms with Crippen LogP contribution in [0.3, 0.4) is 0 Å². The van der Waals surface area contributed by atoms with Crippen molar-refractivity contribution >= 4 is 27.3 Å². The van der Waals surface area contributed by atoms with Gasteiger partial charge in [-0.3, -0.25) is 10.0 Å². The Labute approximate surface area is 150 Å². The van der Waals surface area contributed by atoms with Gasteiger partial charge in [-0.25, -0.2) is 23.2 Å². The number of rotatable bonds is 4. The highest BCUT2D eigenvalue weighted by molar-refractivity contribution is 7.88. The molecule has 1 aromatic heterocycles. The van der Waals surface area contributed by atoms with Crippen LogP contribution in [0.15, 0.2) is 30.3 Å². The quantitative estimate of drug-likeness (QED) is 0.624. The van der Waals surface area contributed by atoms with E-state index in [9.17, 15) is 13.2 Å². The van der Waals surface area contributed by atoms with Crippen molar-refractivity contribution in [3.8, 4) is 11.3 Å². The first-order chi connectivity index (χ1) is 11.9. The van der Waals surface area contributed by atoms with E-state index in [2.05, 4.69) is 4.98 Å². The standard InChI is InChI=1S/C16H19N3O4S2/c1-25(22,23)19-9-7-12(8-10-19)16-17-13(11-5-3-2-4-6-11)14(24-16)15(20)18-21/h2-6,12,21H,7-10H2,1H3,(H,18,20). The van der Waals surface area contributed by atoms with E-state index in [1.165, 1.54) is 21.9 Å². The number of thiazole rings is 1. The van der Waals surface area contributed by atoms with Crippen molar-refractivity contribution < 1.29 is 18.4 Å². The number of nitrogens with zero attached hydrogens (tertiary/aromatic N) is 2. The smallest absolute Gasteiger partial charge is 0.287 e. The highest BCUT2D eigenvalue weighted by Crippen LogP contribution is 2.36. The number of carbonyl (C=O) groups excluding carboxylic acids is 1. The SMILES string of the molecule is CS(=O)(=O)N1CCC(c2nc(-c3ccccc3)c(C(=O)NO)s2)CC1. The fraction of sp³-hybridized carbons (Fsp3) is 0.375. The summed E-state index contributed by atoms with van der Waals surface area (Å²) in [6.45, 7) is 0.899. The van der Waals surface area contributed by atoms with E-state index in [0.717, 1.165) is 10.6 Å². The van der Waals surface area contributed by atoms with Crippen molar-refractivity contribution in [3.63, 3.8) is 0 Å². The number of carbonyl (C=O) groups is 1. The van der Waals surface area contributed by atoms with E-state index in [-0.39, 0.29) is 5.92 Å². The number of piperidine rings is 1. The number of hydrogen-bond acceptors (Lipinski definition) is 6. The summed E-state index contributed by atoms with van der Waals surface area (Å²) in [4.78, 5) is 17.0. The summed E-state index contributed by atoms with van der Waals surface area (Å²) in [6.07, 6.45) is 2.54. The lowest BCUT2D eigenvalue weighted by Gasteiger charge is -2.29. The molecule has 3 rings (SSSR count). The molecule has 1 amide bonds. The van der Waals surface area contributed by atoms with Crippen LogP contribution in [0.4, 0.5) is 0 Å². The fourth-order valence-electron chi connectivity index (χ4n) is 2.94. The molecule has 2 aromatic rings. The third kappa shape index (κ3) is 3.90. The molecule has 25 heavy (non-hydrogen) atoms. The van der Waals surface area contributed by atoms with Crippen LogP contribution in [-0.4, -0.2) is 48.2 Å². The second-order valence-electron chi connectivity index (χ2n) is 5.97. The highest BCUT2D eigenvalue weighted by Gasteiger charge is 2.29. The van der Waals surface area contributed by atoms with Gasteiger partial charge in [0.05, 0.1) is 17.0 Å². The summed E-state index contributed by atoms with van der Waals surface area (Å²) >= 11 is 1.25. The van der Waals surface area contributed by atoms with E-state index in [0.29, 0.717) is 36.5 Å². The van der Waals surface area contributed by atoms with Crippen LogP contribution in [0.25, 0.3) is 11.3 Å². The van der Waals surface area contributed by atoms with Gasteiger partial charge in [0.25, 0.3) is 5.91 Å². The maximum absolute atomic E-state index is 12.0. The lowest BCUT2D eigenvalue weighted by Crippen LogP contribution is -2.37. The summed E-state index contributed by atoms with van der Waals surface area (Å²) in [5, 5.41) is 9.81. The summed E-state index contributed by atoms with van der Waals surface area (Å²) in [6, 6.07) is 9.32. The molecule has 7 nitrogen and oxygen atoms in total. The van der Waals surface area contributed by atoms with Gasteiger partial charge >= 0.3 is 0 Å². The molecule has 0 spiro atoms. The molecule has 2 heterocycles. The first kappa shape index (κ1) is 18.0. The van der Waals surface area contributed by atoms with Crippen LogP contribution in [0.5, 0.6) is 0 Å². The zero-order valence-electron chi connectivity index (χ0n) is 13.7. The molecule has 0 atom stereocenters. The number of hydrogen-bond donors (Lipinski definition) is 2. The largest absolute Gasteiger partial charge is 0.288 e. The van der Waals surface area contributed by atoms with Gasteiger partial charge in [-0.05, 0) is 12.8 Å². The van der Waals surface area contributed by atoms with Crippen molar-refractivity contribution in [2.45, 2.75) is 18.8 Å². The normalized spacial score (nSPS) is 16.7. The van der Waals surface area contributed by atoms with E-state index < -0.39 is 15.9 Å². The summed E-state index contributed by atoms with van der Waals surface area (Å²) in [7, 11) is -3.18. The number of hydroxylamine groups is 1. The maximum Gasteiger partial charge on any atom is 0.287 e. The van der Waals surface area contributed by atoms with Gasteiger partial charge in [0, 0.05) is 24.6 Å². The molecule has 0 radical (unpaired) electrons. The molecule has 134 valence electrons. The second-order valence-corrected chi connectivity index (χ2v) is 8.99. The van der Waals surface area contributed by atoms with E-state index in [4.69, 9.17) is 5.21 Å². The molecule has 0 bridgehead atoms.